The summed E-state index contributed by atoms with van der Waals surface area (Å²) in [6.45, 7) is 0. The smallest absolute Gasteiger partial charge is 0.108 e. The van der Waals surface area contributed by atoms with Gasteiger partial charge in [-0.15, -0.1) is 6.42 Å². The first-order valence-electron chi connectivity index (χ1n) is 0.478. The summed E-state index contributed by atoms with van der Waals surface area (Å²) in [5.74, 6) is 0. The van der Waals surface area contributed by atoms with E-state index in [9.17, 15) is 0 Å². The first kappa shape index (κ1) is 8.84. The third-order valence-corrected chi connectivity index (χ3v) is 0. The van der Waals surface area contributed by atoms with Gasteiger partial charge in [0.2, 0.25) is 0 Å². The molecule has 0 aliphatic heterocycles. The average Bonchev–Trinajstić information content (AvgIpc) is 0.918. The normalized spacial score (nSPS) is 2.00. The van der Waals surface area contributed by atoms with Crippen LogP contribution >= 0.6 is 15.9 Å². The van der Waals surface area contributed by atoms with Crippen LogP contribution < -0.4 is 0 Å². The van der Waals surface area contributed by atoms with Crippen molar-refractivity contribution in [3.8, 4) is 11.3 Å². The molecule has 2 heteroatoms. The first-order chi connectivity index (χ1) is 1.41. The Balaban J connectivity index is 0. The molecule has 4 heavy (non-hydrogen) atoms. The van der Waals surface area contributed by atoms with Crippen LogP contribution in [0.15, 0.2) is 0 Å². The van der Waals surface area contributed by atoms with E-state index in [1.165, 1.54) is 0 Å². The zero-order chi connectivity index (χ0) is 2.71. The van der Waals surface area contributed by atoms with Crippen LogP contribution in [0, 0.1) is 11.3 Å². The summed E-state index contributed by atoms with van der Waals surface area (Å²) in [6, 6.07) is 0. The highest BCUT2D eigenvalue weighted by atomic mass is 79.9. The van der Waals surface area contributed by atoms with E-state index in [-0.39, 0.29) is 23.1 Å². The van der Waals surface area contributed by atoms with Crippen molar-refractivity contribution in [2.45, 2.75) is 0 Å². The van der Waals surface area contributed by atoms with Gasteiger partial charge in [0.25, 0.3) is 0 Å². The topological polar surface area (TPSA) is 0 Å². The molecule has 0 unspecified atom stereocenters. The maximum atomic E-state index is 4.51. The minimum Gasteiger partial charge on any atom is -0.108 e. The molecule has 0 radical (unpaired) electrons. The predicted octanol–water partition coefficient (Wildman–Crippen LogP) is 0.0558. The standard InChI is InChI=1S/C2HBr.Mg.2H/c1-2-3;;;/h1H;;;. The zero-order valence-corrected chi connectivity index (χ0v) is 3.04. The van der Waals surface area contributed by atoms with Gasteiger partial charge >= 0.3 is 23.1 Å². The fourth-order valence-electron chi connectivity index (χ4n) is 0. The van der Waals surface area contributed by atoms with Crippen LogP contribution in [0.3, 0.4) is 0 Å². The Hall–Kier alpha value is 0.806. The molecule has 0 saturated carbocycles. The van der Waals surface area contributed by atoms with Crippen molar-refractivity contribution >= 4 is 39.0 Å². The Labute approximate surface area is 50.2 Å². The Bertz CT molecular complexity index is 27.5. The lowest BCUT2D eigenvalue weighted by molar-refractivity contribution is 3.22. The van der Waals surface area contributed by atoms with E-state index in [0.29, 0.717) is 0 Å². The van der Waals surface area contributed by atoms with E-state index in [0.717, 1.165) is 0 Å². The van der Waals surface area contributed by atoms with E-state index < -0.39 is 0 Å². The number of hydrogen-bond donors (Lipinski definition) is 0. The Morgan fingerprint density at radius 1 is 1.75 bits per heavy atom. The Morgan fingerprint density at radius 2 is 1.75 bits per heavy atom. The van der Waals surface area contributed by atoms with Crippen molar-refractivity contribution in [2.75, 3.05) is 0 Å². The van der Waals surface area contributed by atoms with Crippen LogP contribution in [0.1, 0.15) is 0 Å². The molecule has 0 bridgehead atoms. The summed E-state index contributed by atoms with van der Waals surface area (Å²) in [6.07, 6.45) is 4.51. The first-order valence-corrected chi connectivity index (χ1v) is 1.27. The molecule has 0 aromatic heterocycles. The van der Waals surface area contributed by atoms with Crippen LogP contribution in [0.4, 0.5) is 0 Å². The maximum Gasteiger partial charge on any atom is 0.316 e. The molecule has 0 rings (SSSR count). The SMILES string of the molecule is C#CBr.[MgH2]. The predicted molar refractivity (Wildman–Crippen MR) is 26.3 cm³/mol. The molecule has 0 aliphatic carbocycles. The van der Waals surface area contributed by atoms with Crippen LogP contribution in [-0.2, 0) is 0 Å². The molecule has 0 saturated heterocycles. The number of halogens is 1. The van der Waals surface area contributed by atoms with Gasteiger partial charge < -0.3 is 0 Å². The molecule has 0 amide bonds. The maximum absolute atomic E-state index is 4.51. The van der Waals surface area contributed by atoms with Crippen LogP contribution in [0.2, 0.25) is 0 Å². The van der Waals surface area contributed by atoms with E-state index in [1.54, 1.807) is 0 Å². The molecule has 0 heterocycles. The molecule has 0 aliphatic rings. The minimum atomic E-state index is 0. The van der Waals surface area contributed by atoms with E-state index in [1.807, 2.05) is 0 Å². The third-order valence-electron chi connectivity index (χ3n) is 0. The van der Waals surface area contributed by atoms with Gasteiger partial charge in [-0.1, -0.05) is 0 Å². The van der Waals surface area contributed by atoms with Crippen molar-refractivity contribution in [3.63, 3.8) is 0 Å². The average molecular weight is 131 g/mol. The second-order valence-electron chi connectivity index (χ2n) is 0.109. The highest BCUT2D eigenvalue weighted by molar-refractivity contribution is 9.12. The van der Waals surface area contributed by atoms with Crippen molar-refractivity contribution in [2.24, 2.45) is 0 Å². The second-order valence-corrected chi connectivity index (χ2v) is 0.567. The quantitative estimate of drug-likeness (QED) is 0.322. The molecule has 20 valence electrons. The minimum absolute atomic E-state index is 0. The van der Waals surface area contributed by atoms with E-state index >= 15 is 0 Å². The second kappa shape index (κ2) is 9.19. The summed E-state index contributed by atoms with van der Waals surface area (Å²) < 4.78 is 0. The summed E-state index contributed by atoms with van der Waals surface area (Å²) >= 11 is 2.67. The summed E-state index contributed by atoms with van der Waals surface area (Å²) in [4.78, 5) is 2.06. The summed E-state index contributed by atoms with van der Waals surface area (Å²) in [5, 5.41) is 0. The highest BCUT2D eigenvalue weighted by Gasteiger charge is 1.13. The molecule has 0 atom stereocenters. The Kier molecular flexibility index (Phi) is 20.3. The number of hydrogen-bond acceptors (Lipinski definition) is 0. The largest absolute Gasteiger partial charge is 0.316 e. The lowest BCUT2D eigenvalue weighted by atomic mass is 11.4. The van der Waals surface area contributed by atoms with Crippen LogP contribution in [0.25, 0.3) is 0 Å². The van der Waals surface area contributed by atoms with E-state index in [4.69, 9.17) is 0 Å². The van der Waals surface area contributed by atoms with Gasteiger partial charge in [0.05, 0.1) is 0 Å². The molecule has 0 aromatic carbocycles. The summed E-state index contributed by atoms with van der Waals surface area (Å²) in [5.41, 5.74) is 0. The number of terminal acetylenes is 1. The van der Waals surface area contributed by atoms with Crippen molar-refractivity contribution in [1.29, 1.82) is 0 Å². The Morgan fingerprint density at radius 3 is 1.75 bits per heavy atom. The van der Waals surface area contributed by atoms with Crippen molar-refractivity contribution in [3.05, 3.63) is 0 Å². The van der Waals surface area contributed by atoms with Gasteiger partial charge in [-0.25, -0.2) is 0 Å². The molecule has 0 N–H and O–H groups in total. The van der Waals surface area contributed by atoms with E-state index in [2.05, 4.69) is 27.2 Å². The highest BCUT2D eigenvalue weighted by Crippen LogP contribution is 1.58. The van der Waals surface area contributed by atoms with Crippen LogP contribution in [0.5, 0.6) is 0 Å². The fourth-order valence-corrected chi connectivity index (χ4v) is 0. The van der Waals surface area contributed by atoms with Gasteiger partial charge in [0, 0.05) is 15.9 Å². The zero-order valence-electron chi connectivity index (χ0n) is 1.46. The number of rotatable bonds is 0. The summed E-state index contributed by atoms with van der Waals surface area (Å²) in [7, 11) is 0. The van der Waals surface area contributed by atoms with Gasteiger partial charge in [-0.3, -0.25) is 0 Å². The molecule has 0 aromatic rings. The lowest BCUT2D eigenvalue weighted by Crippen LogP contribution is -0.923. The van der Waals surface area contributed by atoms with Gasteiger partial charge in [-0.05, 0) is 4.83 Å². The molecular weight excluding hydrogens is 128 g/mol. The van der Waals surface area contributed by atoms with Crippen molar-refractivity contribution < 1.29 is 0 Å². The van der Waals surface area contributed by atoms with Crippen LogP contribution in [-0.4, -0.2) is 23.1 Å². The van der Waals surface area contributed by atoms with Gasteiger partial charge in [-0.2, -0.15) is 0 Å². The third kappa shape index (κ3) is 14.1. The molecule has 0 nitrogen and oxygen atoms in total. The van der Waals surface area contributed by atoms with Crippen molar-refractivity contribution in [1.82, 2.24) is 0 Å². The molecular formula is C2H3BrMg. The molecule has 0 spiro atoms. The monoisotopic (exact) mass is 130 g/mol. The van der Waals surface area contributed by atoms with Gasteiger partial charge in [0.1, 0.15) is 0 Å². The van der Waals surface area contributed by atoms with Gasteiger partial charge in [0.15, 0.2) is 0 Å². The fraction of sp³-hybridized carbons (Fsp3) is 0. The molecule has 0 fully saturated rings. The lowest BCUT2D eigenvalue weighted by Gasteiger charge is -1.18.